The third-order valence-electron chi connectivity index (χ3n) is 7.90. The second kappa shape index (κ2) is 10.7. The van der Waals surface area contributed by atoms with Crippen LogP contribution < -0.4 is 0 Å². The smallest absolute Gasteiger partial charge is 0.427 e. The summed E-state index contributed by atoms with van der Waals surface area (Å²) in [6, 6.07) is 32.2. The molecule has 5 heteroatoms. The highest BCUT2D eigenvalue weighted by molar-refractivity contribution is 5.62. The van der Waals surface area contributed by atoms with E-state index in [1.165, 1.54) is 11.1 Å². The predicted molar refractivity (Wildman–Crippen MR) is 146 cm³/mol. The molecule has 2 heterocycles. The van der Waals surface area contributed by atoms with Crippen LogP contribution in [-0.4, -0.2) is 40.3 Å². The summed E-state index contributed by atoms with van der Waals surface area (Å²) in [6.45, 7) is 11.1. The van der Waals surface area contributed by atoms with Crippen LogP contribution in [0.2, 0.25) is 0 Å². The van der Waals surface area contributed by atoms with Gasteiger partial charge in [0.05, 0.1) is 12.1 Å². The molecule has 37 heavy (non-hydrogen) atoms. The molecule has 0 unspecified atom stereocenters. The number of cyclic esters (lactones) is 2. The lowest BCUT2D eigenvalue weighted by molar-refractivity contribution is -0.146. The van der Waals surface area contributed by atoms with Gasteiger partial charge in [-0.1, -0.05) is 97.9 Å². The van der Waals surface area contributed by atoms with Crippen molar-refractivity contribution in [2.75, 3.05) is 0 Å². The van der Waals surface area contributed by atoms with Crippen LogP contribution in [0.3, 0.4) is 0 Å². The van der Waals surface area contributed by atoms with E-state index in [1.807, 2.05) is 30.3 Å². The van der Waals surface area contributed by atoms with Gasteiger partial charge in [-0.15, -0.1) is 0 Å². The first-order chi connectivity index (χ1) is 17.9. The van der Waals surface area contributed by atoms with Crippen LogP contribution in [-0.2, 0) is 9.47 Å². The molecule has 2 saturated heterocycles. The highest BCUT2D eigenvalue weighted by Gasteiger charge is 2.57. The molecule has 5 nitrogen and oxygen atoms in total. The van der Waals surface area contributed by atoms with Crippen LogP contribution in [0.4, 0.5) is 4.79 Å². The lowest BCUT2D eigenvalue weighted by Gasteiger charge is -2.46. The van der Waals surface area contributed by atoms with E-state index in [0.717, 1.165) is 5.56 Å². The molecule has 0 N–H and O–H groups in total. The summed E-state index contributed by atoms with van der Waals surface area (Å²) in [7, 11) is 0. The minimum absolute atomic E-state index is 0.0430. The molecule has 2 fully saturated rings. The lowest BCUT2D eigenvalue weighted by atomic mass is 9.89. The number of hydrogen-bond acceptors (Lipinski definition) is 5. The predicted octanol–water partition coefficient (Wildman–Crippen LogP) is 7.14. The second-order valence-corrected chi connectivity index (χ2v) is 10.8. The van der Waals surface area contributed by atoms with Gasteiger partial charge in [0.25, 0.3) is 0 Å². The number of rotatable bonds is 6. The van der Waals surface area contributed by atoms with Crippen LogP contribution >= 0.6 is 0 Å². The van der Waals surface area contributed by atoms with E-state index in [2.05, 4.69) is 105 Å². The maximum atomic E-state index is 12.9. The van der Waals surface area contributed by atoms with Gasteiger partial charge in [0.1, 0.15) is 18.4 Å². The van der Waals surface area contributed by atoms with Gasteiger partial charge < -0.3 is 9.47 Å². The zero-order valence-electron chi connectivity index (χ0n) is 22.4. The molecule has 0 saturated carbocycles. The van der Waals surface area contributed by atoms with E-state index in [1.54, 1.807) is 0 Å². The molecular weight excluding hydrogens is 460 g/mol. The van der Waals surface area contributed by atoms with Gasteiger partial charge in [0, 0.05) is 18.0 Å². The van der Waals surface area contributed by atoms with Crippen LogP contribution in [0.15, 0.2) is 91.0 Å². The minimum Gasteiger partial charge on any atom is -0.427 e. The molecule has 3 aromatic carbocycles. The Morgan fingerprint density at radius 3 is 1.43 bits per heavy atom. The highest BCUT2D eigenvalue weighted by atomic mass is 16.7. The molecule has 5 atom stereocenters. The maximum Gasteiger partial charge on any atom is 0.509 e. The number of nitrogens with zero attached hydrogens (tertiary/aromatic N) is 2. The second-order valence-electron chi connectivity index (χ2n) is 10.8. The van der Waals surface area contributed by atoms with E-state index < -0.39 is 6.16 Å². The molecule has 0 aromatic heterocycles. The normalized spacial score (nSPS) is 27.4. The first-order valence-corrected chi connectivity index (χ1v) is 13.5. The van der Waals surface area contributed by atoms with Crippen molar-refractivity contribution in [3.63, 3.8) is 0 Å². The summed E-state index contributed by atoms with van der Waals surface area (Å²) in [5.74, 6) is -0.0430. The number of carbonyl (C=O) groups is 1. The van der Waals surface area contributed by atoms with Crippen molar-refractivity contribution in [3.8, 4) is 0 Å². The van der Waals surface area contributed by atoms with Gasteiger partial charge in [0.2, 0.25) is 0 Å². The summed E-state index contributed by atoms with van der Waals surface area (Å²) in [5.41, 5.74) is 3.54. The Hall–Kier alpha value is -3.15. The zero-order valence-corrected chi connectivity index (χ0v) is 22.4. The monoisotopic (exact) mass is 498 g/mol. The molecule has 0 radical (unpaired) electrons. The van der Waals surface area contributed by atoms with Crippen LogP contribution in [0, 0.1) is 5.92 Å². The minimum atomic E-state index is -0.594. The fraction of sp³-hybridized carbons (Fsp3) is 0.406. The van der Waals surface area contributed by atoms with E-state index >= 15 is 0 Å². The number of carbonyl (C=O) groups excluding carboxylic acids is 1. The van der Waals surface area contributed by atoms with E-state index in [9.17, 15) is 4.79 Å². The summed E-state index contributed by atoms with van der Waals surface area (Å²) in [5, 5.41) is 0. The Balaban J connectivity index is 1.66. The molecule has 5 rings (SSSR count). The Morgan fingerprint density at radius 2 is 1.03 bits per heavy atom. The topological polar surface area (TPSA) is 42.0 Å². The zero-order chi connectivity index (χ0) is 26.1. The van der Waals surface area contributed by atoms with Gasteiger partial charge in [-0.05, 0) is 44.4 Å². The van der Waals surface area contributed by atoms with Crippen molar-refractivity contribution in [1.29, 1.82) is 0 Å². The molecule has 194 valence electrons. The highest BCUT2D eigenvalue weighted by Crippen LogP contribution is 2.52. The fourth-order valence-corrected chi connectivity index (χ4v) is 6.39. The standard InChI is InChI=1S/C32H38N2O3/c1-21(2)33-27(24-15-9-6-10-16-24)28(25-17-11-7-12-18-25)34(22(3)4)31(33)30-23(5)29(36-32(35)37-30)26-19-13-8-14-20-26/h6-23,27-31H,1-5H3/t23-,27-,28-,29-,30-/m1/s1. The molecule has 2 aliphatic rings. The van der Waals surface area contributed by atoms with Gasteiger partial charge >= 0.3 is 6.16 Å². The number of ether oxygens (including phenoxy) is 2. The number of hydrogen-bond donors (Lipinski definition) is 0. The largest absolute Gasteiger partial charge is 0.509 e. The molecule has 2 aliphatic heterocycles. The van der Waals surface area contributed by atoms with E-state index in [-0.39, 0.29) is 48.5 Å². The van der Waals surface area contributed by atoms with Crippen molar-refractivity contribution in [1.82, 2.24) is 9.80 Å². The maximum absolute atomic E-state index is 12.9. The van der Waals surface area contributed by atoms with Crippen molar-refractivity contribution in [2.24, 2.45) is 5.92 Å². The lowest BCUT2D eigenvalue weighted by Crippen LogP contribution is -2.57. The molecule has 3 aromatic rings. The van der Waals surface area contributed by atoms with Crippen LogP contribution in [0.25, 0.3) is 0 Å². The Labute approximate surface area is 221 Å². The quantitative estimate of drug-likeness (QED) is 0.338. The molecular formula is C32H38N2O3. The van der Waals surface area contributed by atoms with Gasteiger partial charge in [-0.2, -0.15) is 0 Å². The van der Waals surface area contributed by atoms with Crippen LogP contribution in [0.1, 0.15) is 69.5 Å². The van der Waals surface area contributed by atoms with Gasteiger partial charge in [-0.25, -0.2) is 4.79 Å². The fourth-order valence-electron chi connectivity index (χ4n) is 6.39. The van der Waals surface area contributed by atoms with E-state index in [0.29, 0.717) is 0 Å². The van der Waals surface area contributed by atoms with Crippen molar-refractivity contribution >= 4 is 6.16 Å². The van der Waals surface area contributed by atoms with Crippen molar-refractivity contribution in [3.05, 3.63) is 108 Å². The third kappa shape index (κ3) is 4.78. The van der Waals surface area contributed by atoms with Crippen LogP contribution in [0.5, 0.6) is 0 Å². The Kier molecular flexibility index (Phi) is 7.36. The first-order valence-electron chi connectivity index (χ1n) is 13.5. The summed E-state index contributed by atoms with van der Waals surface area (Å²) >= 11 is 0. The molecule has 0 spiro atoms. The first kappa shape index (κ1) is 25.5. The Morgan fingerprint density at radius 1 is 0.622 bits per heavy atom. The average molecular weight is 499 g/mol. The Bertz CT molecular complexity index is 1110. The van der Waals surface area contributed by atoms with Crippen molar-refractivity contribution < 1.29 is 14.3 Å². The molecule has 0 aliphatic carbocycles. The SMILES string of the molecule is CC(C)N1C([C@@H]2OC(=O)O[C@@H](c3ccccc3)[C@H]2C)N(C(C)C)[C@H](c2ccccc2)[C@H]1c1ccccc1. The van der Waals surface area contributed by atoms with Gasteiger partial charge in [0.15, 0.2) is 0 Å². The van der Waals surface area contributed by atoms with Crippen molar-refractivity contribution in [2.45, 2.75) is 77.2 Å². The summed E-state index contributed by atoms with van der Waals surface area (Å²) in [6.07, 6.45) is -1.44. The van der Waals surface area contributed by atoms with E-state index in [4.69, 9.17) is 9.47 Å². The third-order valence-corrected chi connectivity index (χ3v) is 7.90. The summed E-state index contributed by atoms with van der Waals surface area (Å²) < 4.78 is 11.9. The summed E-state index contributed by atoms with van der Waals surface area (Å²) in [4.78, 5) is 18.1. The molecule has 0 amide bonds. The average Bonchev–Trinajstić information content (AvgIpc) is 3.28. The number of benzene rings is 3. The molecule has 0 bridgehead atoms. The van der Waals surface area contributed by atoms with Gasteiger partial charge in [-0.3, -0.25) is 9.80 Å².